The van der Waals surface area contributed by atoms with Crippen LogP contribution in [0.15, 0.2) is 6.07 Å². The van der Waals surface area contributed by atoms with Crippen LogP contribution in [0, 0.1) is 0 Å². The largest absolute Gasteiger partial charge is 0.333 e. The highest BCUT2D eigenvalue weighted by molar-refractivity contribution is 7.87. The molecule has 2 N–H and O–H groups in total. The molecule has 4 aliphatic rings. The van der Waals surface area contributed by atoms with E-state index in [2.05, 4.69) is 21.0 Å². The highest BCUT2D eigenvalue weighted by Crippen LogP contribution is 2.38. The number of hydrogen-bond acceptors (Lipinski definition) is 4. The minimum absolute atomic E-state index is 0.00974. The van der Waals surface area contributed by atoms with Gasteiger partial charge in [0.05, 0.1) is 6.04 Å². The zero-order valence-electron chi connectivity index (χ0n) is 14.9. The lowest BCUT2D eigenvalue weighted by atomic mass is 9.90. The number of carbonyl (C=O) groups is 1. The lowest BCUT2D eigenvalue weighted by Gasteiger charge is -2.59. The molecule has 1 aromatic carbocycles. The number of aryl methyl sites for hydroxylation is 2. The van der Waals surface area contributed by atoms with Crippen LogP contribution in [-0.2, 0) is 35.9 Å². The topological polar surface area (TPSA) is 81.8 Å². The van der Waals surface area contributed by atoms with E-state index in [-0.39, 0.29) is 6.04 Å². The van der Waals surface area contributed by atoms with Crippen LogP contribution in [0.4, 0.5) is 10.5 Å². The number of likely N-dealkylation sites (tertiary alicyclic amines) is 1. The highest BCUT2D eigenvalue weighted by atomic mass is 32.2. The molecule has 2 amide bonds. The summed E-state index contributed by atoms with van der Waals surface area (Å²) >= 11 is 0. The zero-order chi connectivity index (χ0) is 18.1. The Morgan fingerprint density at radius 1 is 1.04 bits per heavy atom. The summed E-state index contributed by atoms with van der Waals surface area (Å²) in [4.78, 5) is 14.6. The van der Waals surface area contributed by atoms with E-state index in [1.807, 2.05) is 7.05 Å². The number of rotatable bonds is 3. The molecule has 2 aliphatic heterocycles. The maximum Gasteiger partial charge on any atom is 0.333 e. The molecular formula is C18H24N4O3S. The average Bonchev–Trinajstić information content (AvgIpc) is 3.19. The number of hydrogen-bond donors (Lipinski definition) is 2. The molecule has 2 atom stereocenters. The Bertz CT molecular complexity index is 866. The van der Waals surface area contributed by atoms with Crippen LogP contribution in [0.1, 0.15) is 35.1 Å². The van der Waals surface area contributed by atoms with Crippen molar-refractivity contribution in [1.82, 2.24) is 13.9 Å². The lowest BCUT2D eigenvalue weighted by Crippen LogP contribution is -2.79. The molecule has 0 aromatic heterocycles. The Hall–Kier alpha value is -1.64. The fourth-order valence-corrected chi connectivity index (χ4v) is 6.31. The quantitative estimate of drug-likeness (QED) is 0.826. The highest BCUT2D eigenvalue weighted by Gasteiger charge is 2.54. The summed E-state index contributed by atoms with van der Waals surface area (Å²) in [5.41, 5.74) is 5.88. The first-order valence-corrected chi connectivity index (χ1v) is 10.9. The first-order chi connectivity index (χ1) is 12.4. The molecule has 0 saturated carbocycles. The van der Waals surface area contributed by atoms with Crippen molar-refractivity contribution in [2.24, 2.45) is 0 Å². The van der Waals surface area contributed by atoms with Gasteiger partial charge in [0.2, 0.25) is 0 Å². The van der Waals surface area contributed by atoms with E-state index in [1.54, 1.807) is 0 Å². The van der Waals surface area contributed by atoms with E-state index in [0.717, 1.165) is 50.8 Å². The summed E-state index contributed by atoms with van der Waals surface area (Å²) < 4.78 is 28.6. The van der Waals surface area contributed by atoms with Crippen LogP contribution in [0.2, 0.25) is 0 Å². The average molecular weight is 376 g/mol. The number of piperazine rings is 1. The summed E-state index contributed by atoms with van der Waals surface area (Å²) in [7, 11) is -1.79. The maximum atomic E-state index is 12.5. The van der Waals surface area contributed by atoms with E-state index in [4.69, 9.17) is 0 Å². The van der Waals surface area contributed by atoms with Gasteiger partial charge in [0.1, 0.15) is 0 Å². The number of nitrogens with zero attached hydrogens (tertiary/aromatic N) is 2. The summed E-state index contributed by atoms with van der Waals surface area (Å²) in [5, 5.41) is 2.89. The Balaban J connectivity index is 1.34. The van der Waals surface area contributed by atoms with Crippen LogP contribution >= 0.6 is 0 Å². The second-order valence-corrected chi connectivity index (χ2v) is 9.56. The standard InChI is InChI=1S/C18H24N4O3S/c1-21-9-16-15(21)10-22(16)26(24,25)20-18(23)19-17-13-6-2-4-11(13)8-12-5-3-7-14(12)17/h8,15-16H,2-7,9-10H2,1H3,(H2,19,20,23). The number of likely N-dealkylation sites (N-methyl/N-ethyl adjacent to an activating group) is 1. The number of amides is 2. The van der Waals surface area contributed by atoms with Crippen molar-refractivity contribution in [2.45, 2.75) is 50.6 Å². The van der Waals surface area contributed by atoms with Gasteiger partial charge in [-0.2, -0.15) is 12.7 Å². The van der Waals surface area contributed by atoms with Crippen LogP contribution in [-0.4, -0.2) is 55.9 Å². The fourth-order valence-electron chi connectivity index (χ4n) is 4.99. The predicted molar refractivity (Wildman–Crippen MR) is 98.5 cm³/mol. The van der Waals surface area contributed by atoms with E-state index in [1.165, 1.54) is 26.6 Å². The minimum Gasteiger partial charge on any atom is -0.307 e. The molecule has 26 heavy (non-hydrogen) atoms. The van der Waals surface area contributed by atoms with Gasteiger partial charge in [-0.25, -0.2) is 9.52 Å². The molecule has 5 rings (SSSR count). The van der Waals surface area contributed by atoms with Gasteiger partial charge in [-0.3, -0.25) is 4.90 Å². The molecule has 2 unspecified atom stereocenters. The molecule has 8 heteroatoms. The minimum atomic E-state index is -3.78. The second-order valence-electron chi connectivity index (χ2n) is 7.94. The Morgan fingerprint density at radius 3 is 2.23 bits per heavy atom. The van der Waals surface area contributed by atoms with Crippen molar-refractivity contribution in [3.8, 4) is 0 Å². The maximum absolute atomic E-state index is 12.5. The van der Waals surface area contributed by atoms with E-state index in [0.29, 0.717) is 12.6 Å². The molecule has 2 fully saturated rings. The van der Waals surface area contributed by atoms with Gasteiger partial charge in [0, 0.05) is 24.8 Å². The Kier molecular flexibility index (Phi) is 3.61. The predicted octanol–water partition coefficient (Wildman–Crippen LogP) is 1.03. The third kappa shape index (κ3) is 2.39. The smallest absolute Gasteiger partial charge is 0.307 e. The van der Waals surface area contributed by atoms with E-state index < -0.39 is 16.2 Å². The van der Waals surface area contributed by atoms with Gasteiger partial charge < -0.3 is 5.32 Å². The Labute approximate surface area is 153 Å². The van der Waals surface area contributed by atoms with E-state index >= 15 is 0 Å². The van der Waals surface area contributed by atoms with Gasteiger partial charge in [0.15, 0.2) is 0 Å². The zero-order valence-corrected chi connectivity index (χ0v) is 15.7. The van der Waals surface area contributed by atoms with Crippen molar-refractivity contribution in [1.29, 1.82) is 0 Å². The summed E-state index contributed by atoms with van der Waals surface area (Å²) in [6, 6.07) is 1.96. The first kappa shape index (κ1) is 16.5. The van der Waals surface area contributed by atoms with Crippen molar-refractivity contribution in [3.63, 3.8) is 0 Å². The van der Waals surface area contributed by atoms with Crippen LogP contribution < -0.4 is 10.0 Å². The molecule has 140 valence electrons. The monoisotopic (exact) mass is 376 g/mol. The summed E-state index contributed by atoms with van der Waals surface area (Å²) in [5.74, 6) is 0. The molecule has 1 aromatic rings. The van der Waals surface area contributed by atoms with Gasteiger partial charge in [0.25, 0.3) is 0 Å². The van der Waals surface area contributed by atoms with Crippen molar-refractivity contribution >= 4 is 21.9 Å². The number of anilines is 1. The number of benzene rings is 1. The van der Waals surface area contributed by atoms with Crippen molar-refractivity contribution in [3.05, 3.63) is 28.3 Å². The molecule has 0 spiro atoms. The number of urea groups is 1. The number of carbonyl (C=O) groups excluding carboxylic acids is 1. The molecule has 2 heterocycles. The number of fused-ring (bicyclic) bond motifs is 3. The number of nitrogens with one attached hydrogen (secondary N) is 2. The fraction of sp³-hybridized carbons (Fsp3) is 0.611. The molecule has 0 bridgehead atoms. The van der Waals surface area contributed by atoms with Gasteiger partial charge >= 0.3 is 16.2 Å². The molecule has 7 nitrogen and oxygen atoms in total. The van der Waals surface area contributed by atoms with Gasteiger partial charge in [-0.1, -0.05) is 6.07 Å². The molecule has 2 saturated heterocycles. The van der Waals surface area contributed by atoms with Crippen molar-refractivity contribution in [2.75, 3.05) is 25.5 Å². The first-order valence-electron chi connectivity index (χ1n) is 9.41. The third-order valence-electron chi connectivity index (χ3n) is 6.46. The normalized spacial score (nSPS) is 27.1. The third-order valence-corrected chi connectivity index (χ3v) is 7.94. The molecule has 2 aliphatic carbocycles. The van der Waals surface area contributed by atoms with Crippen LogP contribution in [0.5, 0.6) is 0 Å². The van der Waals surface area contributed by atoms with Crippen LogP contribution in [0.25, 0.3) is 0 Å². The van der Waals surface area contributed by atoms with Crippen molar-refractivity contribution < 1.29 is 13.2 Å². The summed E-state index contributed by atoms with van der Waals surface area (Å²) in [6.07, 6.45) is 6.18. The van der Waals surface area contributed by atoms with E-state index in [9.17, 15) is 13.2 Å². The SMILES string of the molecule is CN1CC2C1CN2S(=O)(=O)NC(=O)Nc1c2c(cc3c1CCC3)CCC2. The van der Waals surface area contributed by atoms with Gasteiger partial charge in [-0.15, -0.1) is 0 Å². The Morgan fingerprint density at radius 2 is 1.69 bits per heavy atom. The van der Waals surface area contributed by atoms with Crippen LogP contribution in [0.3, 0.4) is 0 Å². The van der Waals surface area contributed by atoms with Gasteiger partial charge in [-0.05, 0) is 67.8 Å². The second kappa shape index (κ2) is 5.68. The molecule has 0 radical (unpaired) electrons. The summed E-state index contributed by atoms with van der Waals surface area (Å²) in [6.45, 7) is 1.19. The molecular weight excluding hydrogens is 352 g/mol. The lowest BCUT2D eigenvalue weighted by molar-refractivity contribution is -0.0620.